The van der Waals surface area contributed by atoms with E-state index in [9.17, 15) is 4.39 Å². The van der Waals surface area contributed by atoms with Gasteiger partial charge in [-0.15, -0.1) is 5.54 Å². The lowest BCUT2D eigenvalue weighted by atomic mass is 10.1. The van der Waals surface area contributed by atoms with Crippen molar-refractivity contribution in [3.05, 3.63) is 35.1 Å². The maximum absolute atomic E-state index is 13.2. The van der Waals surface area contributed by atoms with Gasteiger partial charge in [0, 0.05) is 5.56 Å². The first-order valence-electron chi connectivity index (χ1n) is 6.79. The van der Waals surface area contributed by atoms with Crippen LogP contribution in [0.1, 0.15) is 31.9 Å². The van der Waals surface area contributed by atoms with Gasteiger partial charge in [0.25, 0.3) is 0 Å². The smallest absolute Gasteiger partial charge is 0.138 e. The first kappa shape index (κ1) is 15.5. The highest BCUT2D eigenvalue weighted by atomic mass is 28.3. The molecule has 0 atom stereocenters. The molecule has 0 aliphatic heterocycles. The van der Waals surface area contributed by atoms with E-state index in [0.29, 0.717) is 5.56 Å². The van der Waals surface area contributed by atoms with Crippen molar-refractivity contribution < 1.29 is 4.39 Å². The van der Waals surface area contributed by atoms with Crippen LogP contribution in [0.15, 0.2) is 18.2 Å². The zero-order valence-corrected chi connectivity index (χ0v) is 12.9. The Kier molecular flexibility index (Phi) is 5.80. The minimum Gasteiger partial charge on any atom is -0.207 e. The van der Waals surface area contributed by atoms with Gasteiger partial charge >= 0.3 is 0 Å². The SMILES string of the molecule is CC[Si](C#Cc1ccc(F)cc1CC#N)(CC)CC. The second-order valence-corrected chi connectivity index (χ2v) is 9.66. The van der Waals surface area contributed by atoms with E-state index in [2.05, 4.69) is 38.3 Å². The van der Waals surface area contributed by atoms with Crippen LogP contribution in [0.25, 0.3) is 0 Å². The van der Waals surface area contributed by atoms with Gasteiger partial charge in [0.05, 0.1) is 12.5 Å². The van der Waals surface area contributed by atoms with Crippen LogP contribution in [0.2, 0.25) is 18.1 Å². The Hall–Kier alpha value is -1.58. The maximum Gasteiger partial charge on any atom is 0.138 e. The third-order valence-corrected chi connectivity index (χ3v) is 8.55. The van der Waals surface area contributed by atoms with Crippen molar-refractivity contribution >= 4 is 8.07 Å². The molecule has 1 nitrogen and oxygen atoms in total. The molecule has 0 unspecified atom stereocenters. The highest BCUT2D eigenvalue weighted by molar-refractivity contribution is 6.87. The number of nitrogens with zero attached hydrogens (tertiary/aromatic N) is 1. The molecule has 0 radical (unpaired) electrons. The molecule has 0 bridgehead atoms. The van der Waals surface area contributed by atoms with Crippen molar-refractivity contribution in [2.24, 2.45) is 0 Å². The lowest BCUT2D eigenvalue weighted by Crippen LogP contribution is -2.29. The molecule has 1 aromatic rings. The largest absolute Gasteiger partial charge is 0.207 e. The van der Waals surface area contributed by atoms with Crippen LogP contribution in [-0.2, 0) is 6.42 Å². The van der Waals surface area contributed by atoms with Gasteiger partial charge in [-0.2, -0.15) is 5.26 Å². The second kappa shape index (κ2) is 7.12. The summed E-state index contributed by atoms with van der Waals surface area (Å²) < 4.78 is 13.2. The Morgan fingerprint density at radius 3 is 2.32 bits per heavy atom. The number of halogens is 1. The predicted octanol–water partition coefficient (Wildman–Crippen LogP) is 4.29. The first-order valence-corrected chi connectivity index (χ1v) is 9.41. The average Bonchev–Trinajstić information content (AvgIpc) is 2.43. The molecule has 1 rings (SSSR count). The Labute approximate surface area is 116 Å². The normalized spacial score (nSPS) is 10.5. The average molecular weight is 273 g/mol. The number of rotatable bonds is 4. The molecule has 0 amide bonds. The van der Waals surface area contributed by atoms with Gasteiger partial charge in [0.1, 0.15) is 13.9 Å². The van der Waals surface area contributed by atoms with Crippen LogP contribution < -0.4 is 0 Å². The molecular formula is C16H20FNSi. The number of hydrogen-bond acceptors (Lipinski definition) is 1. The minimum absolute atomic E-state index is 0.209. The van der Waals surface area contributed by atoms with Crippen molar-refractivity contribution in [3.8, 4) is 17.5 Å². The minimum atomic E-state index is -1.50. The van der Waals surface area contributed by atoms with E-state index in [4.69, 9.17) is 5.26 Å². The Morgan fingerprint density at radius 2 is 1.79 bits per heavy atom. The van der Waals surface area contributed by atoms with E-state index < -0.39 is 8.07 Å². The molecule has 0 aliphatic rings. The Bertz CT molecular complexity index is 522. The van der Waals surface area contributed by atoms with Gasteiger partial charge in [0.15, 0.2) is 0 Å². The highest BCUT2D eigenvalue weighted by Crippen LogP contribution is 2.19. The molecule has 0 aromatic heterocycles. The van der Waals surface area contributed by atoms with Gasteiger partial charge in [-0.3, -0.25) is 0 Å². The van der Waals surface area contributed by atoms with Gasteiger partial charge in [-0.05, 0) is 41.9 Å². The summed E-state index contributed by atoms with van der Waals surface area (Å²) in [6, 6.07) is 10.0. The third-order valence-electron chi connectivity index (χ3n) is 3.83. The van der Waals surface area contributed by atoms with Crippen LogP contribution in [0.5, 0.6) is 0 Å². The van der Waals surface area contributed by atoms with E-state index >= 15 is 0 Å². The van der Waals surface area contributed by atoms with E-state index in [1.807, 2.05) is 0 Å². The van der Waals surface area contributed by atoms with Crippen molar-refractivity contribution in [1.29, 1.82) is 5.26 Å². The lowest BCUT2D eigenvalue weighted by Gasteiger charge is -2.20. The highest BCUT2D eigenvalue weighted by Gasteiger charge is 2.24. The summed E-state index contributed by atoms with van der Waals surface area (Å²) in [4.78, 5) is 0. The fraction of sp³-hybridized carbons (Fsp3) is 0.438. The zero-order valence-electron chi connectivity index (χ0n) is 11.9. The Morgan fingerprint density at radius 1 is 1.16 bits per heavy atom. The molecule has 1 aromatic carbocycles. The second-order valence-electron chi connectivity index (χ2n) is 4.73. The van der Waals surface area contributed by atoms with Crippen molar-refractivity contribution in [2.45, 2.75) is 45.3 Å². The molecule has 0 aliphatic carbocycles. The fourth-order valence-electron chi connectivity index (χ4n) is 2.13. The van der Waals surface area contributed by atoms with E-state index in [-0.39, 0.29) is 12.2 Å². The van der Waals surface area contributed by atoms with Crippen molar-refractivity contribution in [3.63, 3.8) is 0 Å². The summed E-state index contributed by atoms with van der Waals surface area (Å²) in [5, 5.41) is 8.79. The van der Waals surface area contributed by atoms with Crippen molar-refractivity contribution in [2.75, 3.05) is 0 Å². The quantitative estimate of drug-likeness (QED) is 0.593. The standard InChI is InChI=1S/C16H20FNSi/c1-4-19(5-2,6-3)12-10-14-7-8-16(17)13-15(14)9-11-18/h7-8,13H,4-6,9H2,1-3H3. The fourth-order valence-corrected chi connectivity index (χ4v) is 4.56. The maximum atomic E-state index is 13.2. The first-order chi connectivity index (χ1) is 9.10. The summed E-state index contributed by atoms with van der Waals surface area (Å²) in [5.41, 5.74) is 4.97. The topological polar surface area (TPSA) is 23.8 Å². The molecule has 0 saturated heterocycles. The molecular weight excluding hydrogens is 253 g/mol. The summed E-state index contributed by atoms with van der Waals surface area (Å²) >= 11 is 0. The van der Waals surface area contributed by atoms with Crippen LogP contribution in [-0.4, -0.2) is 8.07 Å². The molecule has 0 heterocycles. The zero-order chi connectivity index (χ0) is 14.3. The molecule has 100 valence electrons. The number of nitriles is 1. The van der Waals surface area contributed by atoms with Crippen LogP contribution in [0.4, 0.5) is 4.39 Å². The molecule has 19 heavy (non-hydrogen) atoms. The Balaban J connectivity index is 3.16. The third kappa shape index (κ3) is 3.94. The number of hydrogen-bond donors (Lipinski definition) is 0. The van der Waals surface area contributed by atoms with E-state index in [1.54, 1.807) is 6.07 Å². The molecule has 3 heteroatoms. The predicted molar refractivity (Wildman–Crippen MR) is 79.8 cm³/mol. The summed E-state index contributed by atoms with van der Waals surface area (Å²) in [6.45, 7) is 6.61. The number of benzene rings is 1. The van der Waals surface area contributed by atoms with Gasteiger partial charge in [-0.25, -0.2) is 4.39 Å². The summed E-state index contributed by atoms with van der Waals surface area (Å²) in [6.07, 6.45) is 0.209. The van der Waals surface area contributed by atoms with E-state index in [0.717, 1.165) is 23.7 Å². The van der Waals surface area contributed by atoms with Gasteiger partial charge in [0.2, 0.25) is 0 Å². The van der Waals surface area contributed by atoms with Crippen molar-refractivity contribution in [1.82, 2.24) is 0 Å². The van der Waals surface area contributed by atoms with Crippen LogP contribution in [0, 0.1) is 28.6 Å². The van der Waals surface area contributed by atoms with Crippen LogP contribution >= 0.6 is 0 Å². The summed E-state index contributed by atoms with van der Waals surface area (Å²) in [5.74, 6) is 2.91. The van der Waals surface area contributed by atoms with Gasteiger partial charge < -0.3 is 0 Å². The molecule has 0 N–H and O–H groups in total. The molecule has 0 fully saturated rings. The molecule has 0 spiro atoms. The van der Waals surface area contributed by atoms with E-state index in [1.165, 1.54) is 12.1 Å². The molecule has 0 saturated carbocycles. The van der Waals surface area contributed by atoms with Gasteiger partial charge in [-0.1, -0.05) is 26.7 Å². The lowest BCUT2D eigenvalue weighted by molar-refractivity contribution is 0.626. The monoisotopic (exact) mass is 273 g/mol. The summed E-state index contributed by atoms with van der Waals surface area (Å²) in [7, 11) is -1.50. The van der Waals surface area contributed by atoms with Crippen LogP contribution in [0.3, 0.4) is 0 Å².